The van der Waals surface area contributed by atoms with Crippen LogP contribution in [0.15, 0.2) is 18.2 Å². The molecule has 2 N–H and O–H groups in total. The zero-order chi connectivity index (χ0) is 17.1. The molecule has 0 spiro atoms. The Labute approximate surface area is 138 Å². The number of hydrogen-bond donors (Lipinski definition) is 2. The number of aliphatic hydroxyl groups excluding tert-OH is 1. The molecule has 1 aromatic carbocycles. The number of ether oxygens (including phenoxy) is 2. The fourth-order valence-electron chi connectivity index (χ4n) is 2.26. The zero-order valence-electron chi connectivity index (χ0n) is 14.1. The van der Waals surface area contributed by atoms with Crippen LogP contribution in [0.4, 0.5) is 0 Å². The molecule has 0 saturated carbocycles. The summed E-state index contributed by atoms with van der Waals surface area (Å²) in [5.74, 6) is 0.136. The molecule has 0 aromatic heterocycles. The fraction of sp³-hybridized carbons (Fsp3) is 0.611. The highest BCUT2D eigenvalue weighted by Crippen LogP contribution is 2.26. The van der Waals surface area contributed by atoms with E-state index in [1.54, 1.807) is 12.1 Å². The third kappa shape index (κ3) is 7.48. The topological polar surface area (TPSA) is 76.0 Å². The van der Waals surface area contributed by atoms with Crippen LogP contribution in [0.2, 0.25) is 0 Å². The third-order valence-corrected chi connectivity index (χ3v) is 3.68. The molecule has 1 atom stereocenters. The summed E-state index contributed by atoms with van der Waals surface area (Å²) in [6.07, 6.45) is 3.90. The first kappa shape index (κ1) is 19.5. The molecule has 1 rings (SSSR count). The molecule has 1 unspecified atom stereocenters. The average molecular weight is 324 g/mol. The predicted molar refractivity (Wildman–Crippen MR) is 89.0 cm³/mol. The number of methoxy groups -OCH3 is 1. The van der Waals surface area contributed by atoms with Gasteiger partial charge in [-0.1, -0.05) is 32.3 Å². The number of hydrogen-bond acceptors (Lipinski definition) is 5. The lowest BCUT2D eigenvalue weighted by Crippen LogP contribution is -2.24. The van der Waals surface area contributed by atoms with E-state index in [0.29, 0.717) is 19.0 Å². The van der Waals surface area contributed by atoms with Crippen LogP contribution in [0.1, 0.15) is 44.6 Å². The molecule has 23 heavy (non-hydrogen) atoms. The number of Topliss-reactive ketones (excluding diaryl/α,β-unsaturated/α-hetero) is 1. The Morgan fingerprint density at radius 3 is 2.70 bits per heavy atom. The van der Waals surface area contributed by atoms with Crippen LogP contribution in [0, 0.1) is 0 Å². The Balaban J connectivity index is 2.28. The molecule has 0 heterocycles. The van der Waals surface area contributed by atoms with E-state index >= 15 is 0 Å². The number of aliphatic hydroxyl groups is 1. The Bertz CT molecular complexity index is 472. The van der Waals surface area contributed by atoms with Crippen molar-refractivity contribution in [2.75, 3.05) is 20.3 Å². The SMILES string of the molecule is CCCCCCOCCC(=O)C(O)Cc1ccc(O)c(OC)c1. The van der Waals surface area contributed by atoms with Gasteiger partial charge in [0.1, 0.15) is 6.10 Å². The largest absolute Gasteiger partial charge is 0.504 e. The van der Waals surface area contributed by atoms with E-state index in [1.165, 1.54) is 26.0 Å². The summed E-state index contributed by atoms with van der Waals surface area (Å²) in [6.45, 7) is 3.17. The summed E-state index contributed by atoms with van der Waals surface area (Å²) < 4.78 is 10.4. The quantitative estimate of drug-likeness (QED) is 0.578. The Morgan fingerprint density at radius 1 is 1.22 bits per heavy atom. The van der Waals surface area contributed by atoms with Crippen LogP contribution >= 0.6 is 0 Å². The summed E-state index contributed by atoms with van der Waals surface area (Å²) in [4.78, 5) is 11.9. The molecule has 0 amide bonds. The number of rotatable bonds is 12. The first-order chi connectivity index (χ1) is 11.1. The van der Waals surface area contributed by atoms with Gasteiger partial charge < -0.3 is 19.7 Å². The highest BCUT2D eigenvalue weighted by molar-refractivity contribution is 5.83. The molecule has 0 fully saturated rings. The number of phenols is 1. The van der Waals surface area contributed by atoms with Crippen molar-refractivity contribution in [2.45, 2.75) is 51.6 Å². The smallest absolute Gasteiger partial charge is 0.163 e. The van der Waals surface area contributed by atoms with Crippen molar-refractivity contribution in [3.8, 4) is 11.5 Å². The van der Waals surface area contributed by atoms with Gasteiger partial charge in [-0.05, 0) is 24.1 Å². The molecule has 5 heteroatoms. The van der Waals surface area contributed by atoms with E-state index < -0.39 is 6.10 Å². The van der Waals surface area contributed by atoms with Crippen LogP contribution in [-0.2, 0) is 16.0 Å². The summed E-state index contributed by atoms with van der Waals surface area (Å²) in [5.41, 5.74) is 0.737. The van der Waals surface area contributed by atoms with Gasteiger partial charge in [0.2, 0.25) is 0 Å². The number of ketones is 1. The molecular weight excluding hydrogens is 296 g/mol. The summed E-state index contributed by atoms with van der Waals surface area (Å²) in [7, 11) is 1.46. The Kier molecular flexibility index (Phi) is 9.33. The minimum Gasteiger partial charge on any atom is -0.504 e. The molecule has 0 radical (unpaired) electrons. The van der Waals surface area contributed by atoms with Gasteiger partial charge in [-0.15, -0.1) is 0 Å². The number of aromatic hydroxyl groups is 1. The lowest BCUT2D eigenvalue weighted by atomic mass is 10.0. The van der Waals surface area contributed by atoms with E-state index in [2.05, 4.69) is 6.92 Å². The maximum Gasteiger partial charge on any atom is 0.163 e. The van der Waals surface area contributed by atoms with Crippen LogP contribution in [-0.4, -0.2) is 42.4 Å². The molecular formula is C18H28O5. The van der Waals surface area contributed by atoms with Crippen LogP contribution in [0.5, 0.6) is 11.5 Å². The maximum atomic E-state index is 11.9. The molecule has 5 nitrogen and oxygen atoms in total. The zero-order valence-corrected chi connectivity index (χ0v) is 14.1. The second-order valence-corrected chi connectivity index (χ2v) is 5.62. The van der Waals surface area contributed by atoms with Crippen LogP contribution in [0.3, 0.4) is 0 Å². The number of phenolic OH excluding ortho intramolecular Hbond substituents is 1. The number of carbonyl (C=O) groups is 1. The van der Waals surface area contributed by atoms with Crippen molar-refractivity contribution in [1.82, 2.24) is 0 Å². The molecule has 130 valence electrons. The molecule has 0 aliphatic carbocycles. The highest BCUT2D eigenvalue weighted by atomic mass is 16.5. The van der Waals surface area contributed by atoms with Gasteiger partial charge in [-0.3, -0.25) is 4.79 Å². The van der Waals surface area contributed by atoms with E-state index in [1.807, 2.05) is 0 Å². The minimum atomic E-state index is -1.06. The minimum absolute atomic E-state index is 0.0357. The van der Waals surface area contributed by atoms with Gasteiger partial charge in [-0.25, -0.2) is 0 Å². The second-order valence-electron chi connectivity index (χ2n) is 5.62. The third-order valence-electron chi connectivity index (χ3n) is 3.68. The first-order valence-corrected chi connectivity index (χ1v) is 8.22. The standard InChI is InChI=1S/C18H28O5/c1-3-4-5-6-10-23-11-9-15(19)17(21)12-14-7-8-16(20)18(13-14)22-2/h7-8,13,17,20-21H,3-6,9-12H2,1-2H3. The van der Waals surface area contributed by atoms with E-state index in [9.17, 15) is 15.0 Å². The second kappa shape index (κ2) is 11.0. The lowest BCUT2D eigenvalue weighted by molar-refractivity contribution is -0.128. The van der Waals surface area contributed by atoms with Gasteiger partial charge in [-0.2, -0.15) is 0 Å². The van der Waals surface area contributed by atoms with E-state index in [-0.39, 0.29) is 24.4 Å². The van der Waals surface area contributed by atoms with Crippen molar-refractivity contribution in [3.05, 3.63) is 23.8 Å². The molecule has 0 aliphatic heterocycles. The predicted octanol–water partition coefficient (Wildman–Crippen LogP) is 2.86. The summed E-state index contributed by atoms with van der Waals surface area (Å²) in [6, 6.07) is 4.78. The van der Waals surface area contributed by atoms with Crippen molar-refractivity contribution in [1.29, 1.82) is 0 Å². The van der Waals surface area contributed by atoms with Crippen molar-refractivity contribution in [3.63, 3.8) is 0 Å². The van der Waals surface area contributed by atoms with Gasteiger partial charge in [0.25, 0.3) is 0 Å². The van der Waals surface area contributed by atoms with Crippen molar-refractivity contribution >= 4 is 5.78 Å². The average Bonchev–Trinajstić information content (AvgIpc) is 2.55. The first-order valence-electron chi connectivity index (χ1n) is 8.22. The van der Waals surface area contributed by atoms with Gasteiger partial charge in [0.15, 0.2) is 17.3 Å². The number of benzene rings is 1. The van der Waals surface area contributed by atoms with E-state index in [0.717, 1.165) is 18.4 Å². The molecule has 1 aromatic rings. The fourth-order valence-corrected chi connectivity index (χ4v) is 2.26. The van der Waals surface area contributed by atoms with Gasteiger partial charge in [0, 0.05) is 19.4 Å². The van der Waals surface area contributed by atoms with Gasteiger partial charge in [0.05, 0.1) is 13.7 Å². The van der Waals surface area contributed by atoms with Crippen LogP contribution < -0.4 is 4.74 Å². The lowest BCUT2D eigenvalue weighted by Gasteiger charge is -2.11. The Morgan fingerprint density at radius 2 is 2.00 bits per heavy atom. The maximum absolute atomic E-state index is 11.9. The Hall–Kier alpha value is -1.59. The summed E-state index contributed by atoms with van der Waals surface area (Å²) in [5, 5.41) is 19.5. The molecule has 0 aliphatic rings. The molecule has 0 saturated heterocycles. The molecule has 0 bridgehead atoms. The monoisotopic (exact) mass is 324 g/mol. The number of unbranched alkanes of at least 4 members (excludes halogenated alkanes) is 3. The normalized spacial score (nSPS) is 12.1. The highest BCUT2D eigenvalue weighted by Gasteiger charge is 2.16. The van der Waals surface area contributed by atoms with Crippen LogP contribution in [0.25, 0.3) is 0 Å². The van der Waals surface area contributed by atoms with Gasteiger partial charge >= 0.3 is 0 Å². The summed E-state index contributed by atoms with van der Waals surface area (Å²) >= 11 is 0. The van der Waals surface area contributed by atoms with Crippen molar-refractivity contribution < 1.29 is 24.5 Å². The van der Waals surface area contributed by atoms with Crippen molar-refractivity contribution in [2.24, 2.45) is 0 Å². The number of carbonyl (C=O) groups excluding carboxylic acids is 1. The van der Waals surface area contributed by atoms with E-state index in [4.69, 9.17) is 9.47 Å².